The molecule has 0 saturated carbocycles. The molecule has 0 bridgehead atoms. The Morgan fingerprint density at radius 1 is 1.20 bits per heavy atom. The molecule has 2 N–H and O–H groups in total. The lowest BCUT2D eigenvalue weighted by Gasteiger charge is -2.11. The fourth-order valence-electron chi connectivity index (χ4n) is 1.63. The van der Waals surface area contributed by atoms with Crippen LogP contribution in [0.1, 0.15) is 5.69 Å². The van der Waals surface area contributed by atoms with Gasteiger partial charge >= 0.3 is 6.18 Å². The molecule has 0 amide bonds. The van der Waals surface area contributed by atoms with Crippen molar-refractivity contribution in [3.8, 4) is 17.0 Å². The average Bonchev–Trinajstić information content (AvgIpc) is 2.37. The van der Waals surface area contributed by atoms with E-state index in [0.29, 0.717) is 16.3 Å². The van der Waals surface area contributed by atoms with E-state index in [1.807, 2.05) is 0 Å². The van der Waals surface area contributed by atoms with E-state index in [2.05, 4.69) is 9.97 Å². The summed E-state index contributed by atoms with van der Waals surface area (Å²) in [5.74, 6) is -0.141. The van der Waals surface area contributed by atoms with Crippen molar-refractivity contribution in [2.75, 3.05) is 12.8 Å². The zero-order chi connectivity index (χ0) is 14.9. The normalized spacial score (nSPS) is 11.4. The zero-order valence-electron chi connectivity index (χ0n) is 10.2. The molecule has 0 fully saturated rings. The standard InChI is InChI=1S/C12H9ClF3N3O/c1-20-9-3-2-6(13)4-7(9)8-5-10(12(14,15)16)19-11(17)18-8/h2-5H,1H3,(H2,17,18,19). The number of hydrogen-bond acceptors (Lipinski definition) is 4. The molecule has 0 saturated heterocycles. The number of rotatable bonds is 2. The summed E-state index contributed by atoms with van der Waals surface area (Å²) in [6, 6.07) is 5.33. The van der Waals surface area contributed by atoms with Gasteiger partial charge in [0.05, 0.1) is 12.8 Å². The van der Waals surface area contributed by atoms with Crippen LogP contribution < -0.4 is 10.5 Å². The second-order valence-corrected chi connectivity index (χ2v) is 4.28. The Hall–Kier alpha value is -2.02. The van der Waals surface area contributed by atoms with E-state index in [-0.39, 0.29) is 5.69 Å². The first-order valence-corrected chi connectivity index (χ1v) is 5.74. The van der Waals surface area contributed by atoms with Crippen molar-refractivity contribution >= 4 is 17.5 Å². The Morgan fingerprint density at radius 3 is 2.50 bits per heavy atom. The predicted molar refractivity (Wildman–Crippen MR) is 68.4 cm³/mol. The van der Waals surface area contributed by atoms with Gasteiger partial charge in [-0.15, -0.1) is 0 Å². The number of halogens is 4. The van der Waals surface area contributed by atoms with Gasteiger partial charge in [0.15, 0.2) is 5.69 Å². The number of anilines is 1. The summed E-state index contributed by atoms with van der Waals surface area (Å²) in [6.07, 6.45) is -4.61. The molecule has 0 atom stereocenters. The SMILES string of the molecule is COc1ccc(Cl)cc1-c1cc(C(F)(F)F)nc(N)n1. The predicted octanol–water partition coefficient (Wildman–Crippen LogP) is 3.41. The van der Waals surface area contributed by atoms with Gasteiger partial charge in [-0.2, -0.15) is 13.2 Å². The molecule has 1 aromatic heterocycles. The van der Waals surface area contributed by atoms with Crippen LogP contribution in [0.4, 0.5) is 19.1 Å². The third-order valence-electron chi connectivity index (χ3n) is 2.47. The fraction of sp³-hybridized carbons (Fsp3) is 0.167. The first-order chi connectivity index (χ1) is 9.31. The number of benzene rings is 1. The number of aromatic nitrogens is 2. The summed E-state index contributed by atoms with van der Waals surface area (Å²) in [6.45, 7) is 0. The maximum Gasteiger partial charge on any atom is 0.433 e. The van der Waals surface area contributed by atoms with E-state index in [1.165, 1.54) is 19.2 Å². The average molecular weight is 304 g/mol. The quantitative estimate of drug-likeness (QED) is 0.923. The topological polar surface area (TPSA) is 61.0 Å². The van der Waals surface area contributed by atoms with Crippen LogP contribution in [0, 0.1) is 0 Å². The van der Waals surface area contributed by atoms with E-state index in [9.17, 15) is 13.2 Å². The molecule has 4 nitrogen and oxygen atoms in total. The Kier molecular flexibility index (Phi) is 3.71. The van der Waals surface area contributed by atoms with Crippen LogP contribution in [0.2, 0.25) is 5.02 Å². The first-order valence-electron chi connectivity index (χ1n) is 5.37. The minimum absolute atomic E-state index is 0.0100. The van der Waals surface area contributed by atoms with Crippen LogP contribution in [0.15, 0.2) is 24.3 Å². The summed E-state index contributed by atoms with van der Waals surface area (Å²) in [7, 11) is 1.39. The zero-order valence-corrected chi connectivity index (χ0v) is 11.0. The number of methoxy groups -OCH3 is 1. The van der Waals surface area contributed by atoms with Crippen molar-refractivity contribution in [2.24, 2.45) is 0 Å². The molecule has 0 spiro atoms. The van der Waals surface area contributed by atoms with E-state index in [1.54, 1.807) is 6.07 Å². The number of nitrogen functional groups attached to an aromatic ring is 1. The summed E-state index contributed by atoms with van der Waals surface area (Å²) in [5, 5.41) is 0.339. The lowest BCUT2D eigenvalue weighted by Crippen LogP contribution is -2.11. The molecule has 1 heterocycles. The van der Waals surface area contributed by atoms with Crippen LogP contribution in [-0.4, -0.2) is 17.1 Å². The van der Waals surface area contributed by atoms with Crippen molar-refractivity contribution in [2.45, 2.75) is 6.18 Å². The largest absolute Gasteiger partial charge is 0.496 e. The minimum Gasteiger partial charge on any atom is -0.496 e. The molecule has 1 aromatic carbocycles. The van der Waals surface area contributed by atoms with E-state index >= 15 is 0 Å². The molecule has 0 aliphatic heterocycles. The summed E-state index contributed by atoms with van der Waals surface area (Å²) in [4.78, 5) is 6.97. The van der Waals surface area contributed by atoms with Crippen LogP contribution >= 0.6 is 11.6 Å². The fourth-order valence-corrected chi connectivity index (χ4v) is 1.80. The van der Waals surface area contributed by atoms with Crippen molar-refractivity contribution in [3.05, 3.63) is 35.0 Å². The molecule has 0 unspecified atom stereocenters. The summed E-state index contributed by atoms with van der Waals surface area (Å²) in [5.41, 5.74) is 4.50. The molecule has 8 heteroatoms. The van der Waals surface area contributed by atoms with Gasteiger partial charge in [0.2, 0.25) is 5.95 Å². The Morgan fingerprint density at radius 2 is 1.90 bits per heavy atom. The molecular weight excluding hydrogens is 295 g/mol. The highest BCUT2D eigenvalue weighted by molar-refractivity contribution is 6.30. The van der Waals surface area contributed by atoms with E-state index < -0.39 is 17.8 Å². The van der Waals surface area contributed by atoms with E-state index in [4.69, 9.17) is 22.1 Å². The second-order valence-electron chi connectivity index (χ2n) is 3.84. The highest BCUT2D eigenvalue weighted by Crippen LogP contribution is 2.35. The van der Waals surface area contributed by atoms with Gasteiger partial charge in [0.25, 0.3) is 0 Å². The van der Waals surface area contributed by atoms with Gasteiger partial charge in [-0.3, -0.25) is 0 Å². The third kappa shape index (κ3) is 2.93. The highest BCUT2D eigenvalue weighted by Gasteiger charge is 2.33. The molecular formula is C12H9ClF3N3O. The number of alkyl halides is 3. The Balaban J connectivity index is 2.64. The smallest absolute Gasteiger partial charge is 0.433 e. The summed E-state index contributed by atoms with van der Waals surface area (Å²) >= 11 is 5.84. The molecule has 0 aliphatic carbocycles. The van der Waals surface area contributed by atoms with Crippen molar-refractivity contribution in [1.29, 1.82) is 0 Å². The maximum absolute atomic E-state index is 12.7. The Labute approximate surface area is 117 Å². The number of hydrogen-bond donors (Lipinski definition) is 1. The van der Waals surface area contributed by atoms with Crippen LogP contribution in [0.25, 0.3) is 11.3 Å². The summed E-state index contributed by atoms with van der Waals surface area (Å²) < 4.78 is 43.2. The van der Waals surface area contributed by atoms with Crippen LogP contribution in [0.5, 0.6) is 5.75 Å². The number of nitrogens with two attached hydrogens (primary N) is 1. The van der Waals surface area contributed by atoms with Gasteiger partial charge in [-0.25, -0.2) is 9.97 Å². The highest BCUT2D eigenvalue weighted by atomic mass is 35.5. The van der Waals surface area contributed by atoms with Crippen molar-refractivity contribution in [1.82, 2.24) is 9.97 Å². The van der Waals surface area contributed by atoms with Crippen LogP contribution in [0.3, 0.4) is 0 Å². The first kappa shape index (κ1) is 14.4. The maximum atomic E-state index is 12.7. The number of nitrogens with zero attached hydrogens (tertiary/aromatic N) is 2. The van der Waals surface area contributed by atoms with Crippen molar-refractivity contribution < 1.29 is 17.9 Å². The molecule has 20 heavy (non-hydrogen) atoms. The molecule has 106 valence electrons. The Bertz CT molecular complexity index is 646. The molecule has 2 rings (SSSR count). The second kappa shape index (κ2) is 5.16. The minimum atomic E-state index is -4.61. The van der Waals surface area contributed by atoms with Gasteiger partial charge in [-0.1, -0.05) is 11.6 Å². The molecule has 0 aliphatic rings. The monoisotopic (exact) mass is 303 g/mol. The van der Waals surface area contributed by atoms with Crippen molar-refractivity contribution in [3.63, 3.8) is 0 Å². The van der Waals surface area contributed by atoms with Crippen LogP contribution in [-0.2, 0) is 6.18 Å². The van der Waals surface area contributed by atoms with E-state index in [0.717, 1.165) is 6.07 Å². The van der Waals surface area contributed by atoms with Gasteiger partial charge in [-0.05, 0) is 24.3 Å². The van der Waals surface area contributed by atoms with Gasteiger partial charge in [0, 0.05) is 10.6 Å². The third-order valence-corrected chi connectivity index (χ3v) is 2.71. The molecule has 2 aromatic rings. The number of ether oxygens (including phenoxy) is 1. The lowest BCUT2D eigenvalue weighted by molar-refractivity contribution is -0.141. The lowest BCUT2D eigenvalue weighted by atomic mass is 10.1. The van der Waals surface area contributed by atoms with Gasteiger partial charge in [0.1, 0.15) is 5.75 Å². The molecule has 0 radical (unpaired) electrons. The van der Waals surface area contributed by atoms with Gasteiger partial charge < -0.3 is 10.5 Å².